The molecule has 2 fully saturated rings. The van der Waals surface area contributed by atoms with Gasteiger partial charge in [0.1, 0.15) is 0 Å². The third-order valence-electron chi connectivity index (χ3n) is 4.21. The summed E-state index contributed by atoms with van der Waals surface area (Å²) in [6.07, 6.45) is 1.82. The highest BCUT2D eigenvalue weighted by molar-refractivity contribution is 5.83. The number of likely N-dealkylation sites (tertiary alicyclic amines) is 1. The number of benzene rings is 1. The van der Waals surface area contributed by atoms with Crippen molar-refractivity contribution >= 4 is 5.91 Å². The molecule has 108 valence electrons. The van der Waals surface area contributed by atoms with Gasteiger partial charge in [-0.15, -0.1) is 0 Å². The van der Waals surface area contributed by atoms with Gasteiger partial charge in [0.25, 0.3) is 0 Å². The lowest BCUT2D eigenvalue weighted by atomic mass is 9.97. The first kappa shape index (κ1) is 13.6. The van der Waals surface area contributed by atoms with E-state index in [9.17, 15) is 4.79 Å². The van der Waals surface area contributed by atoms with Crippen LogP contribution >= 0.6 is 0 Å². The number of ether oxygens (including phenoxy) is 2. The summed E-state index contributed by atoms with van der Waals surface area (Å²) in [6.45, 7) is 4.59. The lowest BCUT2D eigenvalue weighted by Crippen LogP contribution is -2.51. The van der Waals surface area contributed by atoms with Crippen molar-refractivity contribution in [3.63, 3.8) is 0 Å². The number of carbonyl (C=O) groups is 1. The maximum Gasteiger partial charge on any atom is 0.230 e. The van der Waals surface area contributed by atoms with Gasteiger partial charge in [-0.25, -0.2) is 0 Å². The second kappa shape index (κ2) is 5.54. The van der Waals surface area contributed by atoms with E-state index < -0.39 is 5.79 Å². The number of rotatable bonds is 2. The third-order valence-corrected chi connectivity index (χ3v) is 4.21. The van der Waals surface area contributed by atoms with Gasteiger partial charge in [-0.05, 0) is 18.9 Å². The highest BCUT2D eigenvalue weighted by Crippen LogP contribution is 2.31. The number of hydrogen-bond acceptors (Lipinski definition) is 3. The van der Waals surface area contributed by atoms with Gasteiger partial charge in [-0.1, -0.05) is 30.3 Å². The lowest BCUT2D eigenvalue weighted by Gasteiger charge is -2.39. The van der Waals surface area contributed by atoms with Gasteiger partial charge in [-0.3, -0.25) is 4.79 Å². The van der Waals surface area contributed by atoms with Crippen molar-refractivity contribution in [1.29, 1.82) is 0 Å². The summed E-state index contributed by atoms with van der Waals surface area (Å²) in [6, 6.07) is 9.92. The van der Waals surface area contributed by atoms with E-state index >= 15 is 0 Å². The summed E-state index contributed by atoms with van der Waals surface area (Å²) in [4.78, 5) is 14.5. The second-order valence-corrected chi connectivity index (χ2v) is 5.60. The molecule has 2 saturated heterocycles. The average Bonchev–Trinajstić information content (AvgIpc) is 2.94. The maximum absolute atomic E-state index is 12.7. The fraction of sp³-hybridized carbons (Fsp3) is 0.562. The quantitative estimate of drug-likeness (QED) is 0.830. The fourth-order valence-electron chi connectivity index (χ4n) is 3.07. The Kier molecular flexibility index (Phi) is 3.76. The molecule has 1 aromatic rings. The minimum atomic E-state index is -0.537. The Hall–Kier alpha value is -1.39. The van der Waals surface area contributed by atoms with Crippen LogP contribution in [-0.2, 0) is 14.3 Å². The van der Waals surface area contributed by atoms with Crippen LogP contribution in [0.2, 0.25) is 0 Å². The number of hydrogen-bond donors (Lipinski definition) is 0. The van der Waals surface area contributed by atoms with Crippen LogP contribution in [0.15, 0.2) is 30.3 Å². The Morgan fingerprint density at radius 1 is 1.25 bits per heavy atom. The number of carbonyl (C=O) groups excluding carboxylic acids is 1. The smallest absolute Gasteiger partial charge is 0.230 e. The molecule has 1 atom stereocenters. The Balaban J connectivity index is 1.70. The highest BCUT2D eigenvalue weighted by atomic mass is 16.7. The summed E-state index contributed by atoms with van der Waals surface area (Å²) >= 11 is 0. The molecular weight excluding hydrogens is 254 g/mol. The first-order valence-electron chi connectivity index (χ1n) is 7.32. The summed E-state index contributed by atoms with van der Waals surface area (Å²) < 4.78 is 11.5. The van der Waals surface area contributed by atoms with Gasteiger partial charge in [0.15, 0.2) is 5.79 Å². The molecule has 1 aromatic carbocycles. The zero-order valence-electron chi connectivity index (χ0n) is 11.9. The molecule has 2 heterocycles. The normalized spacial score (nSPS) is 22.9. The molecule has 2 aliphatic rings. The van der Waals surface area contributed by atoms with Gasteiger partial charge in [0, 0.05) is 13.0 Å². The Bertz CT molecular complexity index is 468. The molecule has 2 aliphatic heterocycles. The summed E-state index contributed by atoms with van der Waals surface area (Å²) in [5, 5.41) is 0. The molecule has 4 heteroatoms. The topological polar surface area (TPSA) is 38.8 Å². The van der Waals surface area contributed by atoms with E-state index in [-0.39, 0.29) is 11.8 Å². The van der Waals surface area contributed by atoms with Crippen molar-refractivity contribution in [2.24, 2.45) is 0 Å². The van der Waals surface area contributed by atoms with Gasteiger partial charge in [0.05, 0.1) is 25.7 Å². The third kappa shape index (κ3) is 2.58. The number of piperidine rings is 1. The van der Waals surface area contributed by atoms with Crippen LogP contribution < -0.4 is 0 Å². The fourth-order valence-corrected chi connectivity index (χ4v) is 3.07. The van der Waals surface area contributed by atoms with Crippen LogP contribution in [-0.4, -0.2) is 42.9 Å². The van der Waals surface area contributed by atoms with Crippen molar-refractivity contribution in [2.45, 2.75) is 31.5 Å². The minimum absolute atomic E-state index is 0.118. The molecule has 3 rings (SSSR count). The number of nitrogens with zero attached hydrogens (tertiary/aromatic N) is 1. The summed E-state index contributed by atoms with van der Waals surface area (Å²) in [5.74, 6) is -0.494. The van der Waals surface area contributed by atoms with Crippen LogP contribution in [0.1, 0.15) is 31.2 Å². The van der Waals surface area contributed by atoms with E-state index in [1.54, 1.807) is 0 Å². The summed E-state index contributed by atoms with van der Waals surface area (Å²) in [5.41, 5.74) is 1.06. The monoisotopic (exact) mass is 275 g/mol. The SMILES string of the molecule is CC(C(=O)N1CCCC2(C1)OCCO2)c1ccccc1. The molecule has 4 nitrogen and oxygen atoms in total. The predicted octanol–water partition coefficient (Wildman–Crippen LogP) is 2.16. The largest absolute Gasteiger partial charge is 0.346 e. The first-order chi connectivity index (χ1) is 9.70. The van der Waals surface area contributed by atoms with Gasteiger partial charge < -0.3 is 14.4 Å². The van der Waals surface area contributed by atoms with Crippen molar-refractivity contribution in [2.75, 3.05) is 26.3 Å². The molecular formula is C16H21NO3. The molecule has 1 spiro atoms. The van der Waals surface area contributed by atoms with E-state index in [1.807, 2.05) is 42.2 Å². The molecule has 0 N–H and O–H groups in total. The standard InChI is InChI=1S/C16H21NO3/c1-13(14-6-3-2-4-7-14)15(18)17-9-5-8-16(12-17)19-10-11-20-16/h2-4,6-7,13H,5,8-12H2,1H3. The van der Waals surface area contributed by atoms with Crippen LogP contribution in [0, 0.1) is 0 Å². The Morgan fingerprint density at radius 2 is 1.95 bits per heavy atom. The van der Waals surface area contributed by atoms with Crippen LogP contribution in [0.5, 0.6) is 0 Å². The first-order valence-corrected chi connectivity index (χ1v) is 7.32. The van der Waals surface area contributed by atoms with E-state index in [0.717, 1.165) is 24.9 Å². The maximum atomic E-state index is 12.7. The zero-order valence-corrected chi connectivity index (χ0v) is 11.9. The molecule has 1 unspecified atom stereocenters. The van der Waals surface area contributed by atoms with Gasteiger partial charge in [-0.2, -0.15) is 0 Å². The molecule has 20 heavy (non-hydrogen) atoms. The lowest BCUT2D eigenvalue weighted by molar-refractivity contribution is -0.193. The van der Waals surface area contributed by atoms with Crippen LogP contribution in [0.25, 0.3) is 0 Å². The average molecular weight is 275 g/mol. The molecule has 0 aromatic heterocycles. The van der Waals surface area contributed by atoms with E-state index in [2.05, 4.69) is 0 Å². The molecule has 0 radical (unpaired) electrons. The molecule has 0 bridgehead atoms. The number of amides is 1. The van der Waals surface area contributed by atoms with Crippen molar-refractivity contribution < 1.29 is 14.3 Å². The van der Waals surface area contributed by atoms with Crippen LogP contribution in [0.4, 0.5) is 0 Å². The zero-order chi connectivity index (χ0) is 14.0. The van der Waals surface area contributed by atoms with E-state index in [0.29, 0.717) is 19.8 Å². The molecule has 0 aliphatic carbocycles. The molecule has 1 amide bonds. The van der Waals surface area contributed by atoms with Crippen molar-refractivity contribution in [1.82, 2.24) is 4.90 Å². The van der Waals surface area contributed by atoms with Gasteiger partial charge >= 0.3 is 0 Å². The molecule has 0 saturated carbocycles. The van der Waals surface area contributed by atoms with Crippen molar-refractivity contribution in [3.8, 4) is 0 Å². The Labute approximate surface area is 119 Å². The Morgan fingerprint density at radius 3 is 2.65 bits per heavy atom. The van der Waals surface area contributed by atoms with Gasteiger partial charge in [0.2, 0.25) is 5.91 Å². The highest BCUT2D eigenvalue weighted by Gasteiger charge is 2.42. The summed E-state index contributed by atoms with van der Waals surface area (Å²) in [7, 11) is 0. The van der Waals surface area contributed by atoms with Crippen molar-refractivity contribution in [3.05, 3.63) is 35.9 Å². The predicted molar refractivity (Wildman–Crippen MR) is 75.3 cm³/mol. The minimum Gasteiger partial charge on any atom is -0.346 e. The van der Waals surface area contributed by atoms with Crippen LogP contribution in [0.3, 0.4) is 0 Å². The second-order valence-electron chi connectivity index (χ2n) is 5.60. The van der Waals surface area contributed by atoms with E-state index in [4.69, 9.17) is 9.47 Å². The van der Waals surface area contributed by atoms with E-state index in [1.165, 1.54) is 0 Å².